The van der Waals surface area contributed by atoms with E-state index in [1.807, 2.05) is 9.80 Å². The van der Waals surface area contributed by atoms with Crippen LogP contribution in [0.2, 0.25) is 0 Å². The molecule has 3 amide bonds. The smallest absolute Gasteiger partial charge is 0.317 e. The topological polar surface area (TPSA) is 52.7 Å². The highest BCUT2D eigenvalue weighted by Gasteiger charge is 2.27. The molecule has 1 atom stereocenters. The van der Waals surface area contributed by atoms with E-state index in [9.17, 15) is 9.59 Å². The van der Waals surface area contributed by atoms with Crippen LogP contribution in [0.5, 0.6) is 0 Å². The molecule has 0 saturated carbocycles. The number of rotatable bonds is 4. The normalized spacial score (nSPS) is 23.4. The third kappa shape index (κ3) is 4.45. The minimum absolute atomic E-state index is 0.104. The van der Waals surface area contributed by atoms with E-state index < -0.39 is 0 Å². The Morgan fingerprint density at radius 1 is 1.04 bits per heavy atom. The lowest BCUT2D eigenvalue weighted by atomic mass is 9.88. The average molecular weight is 370 g/mol. The maximum Gasteiger partial charge on any atom is 0.317 e. The molecule has 2 aliphatic heterocycles. The lowest BCUT2D eigenvalue weighted by Gasteiger charge is -2.34. The first-order valence-electron chi connectivity index (χ1n) is 10.6. The van der Waals surface area contributed by atoms with Crippen LogP contribution in [0.4, 0.5) is 4.79 Å². The first-order valence-corrected chi connectivity index (χ1v) is 10.6. The Kier molecular flexibility index (Phi) is 5.65. The number of hydrogen-bond acceptors (Lipinski definition) is 2. The zero-order valence-corrected chi connectivity index (χ0v) is 16.2. The highest BCUT2D eigenvalue weighted by Crippen LogP contribution is 2.24. The minimum atomic E-state index is 0.104. The van der Waals surface area contributed by atoms with Crippen LogP contribution in [-0.4, -0.2) is 54.0 Å². The van der Waals surface area contributed by atoms with Crippen molar-refractivity contribution in [1.29, 1.82) is 0 Å². The number of nitrogens with one attached hydrogen (secondary N) is 1. The Hall–Kier alpha value is -2.04. The summed E-state index contributed by atoms with van der Waals surface area (Å²) < 4.78 is 0. The van der Waals surface area contributed by atoms with Gasteiger partial charge in [-0.3, -0.25) is 4.79 Å². The molecule has 1 aromatic rings. The van der Waals surface area contributed by atoms with Crippen LogP contribution in [0.3, 0.4) is 0 Å². The maximum absolute atomic E-state index is 12.7. The molecule has 5 nitrogen and oxygen atoms in total. The van der Waals surface area contributed by atoms with Crippen LogP contribution in [0.15, 0.2) is 24.3 Å². The summed E-state index contributed by atoms with van der Waals surface area (Å²) in [5.74, 6) is 0.963. The van der Waals surface area contributed by atoms with Gasteiger partial charge in [-0.15, -0.1) is 0 Å². The summed E-state index contributed by atoms with van der Waals surface area (Å²) in [6.45, 7) is 3.52. The number of likely N-dealkylation sites (tertiary alicyclic amines) is 2. The van der Waals surface area contributed by atoms with Crippen molar-refractivity contribution in [2.45, 2.75) is 57.4 Å². The van der Waals surface area contributed by atoms with Crippen molar-refractivity contribution in [3.05, 3.63) is 35.4 Å². The van der Waals surface area contributed by atoms with E-state index >= 15 is 0 Å². The Morgan fingerprint density at radius 3 is 2.56 bits per heavy atom. The zero-order chi connectivity index (χ0) is 18.6. The third-order valence-electron chi connectivity index (χ3n) is 6.55. The largest absolute Gasteiger partial charge is 0.343 e. The quantitative estimate of drug-likeness (QED) is 0.887. The first kappa shape index (κ1) is 18.3. The van der Waals surface area contributed by atoms with Crippen molar-refractivity contribution in [2.75, 3.05) is 26.2 Å². The van der Waals surface area contributed by atoms with Gasteiger partial charge in [-0.25, -0.2) is 4.79 Å². The van der Waals surface area contributed by atoms with Crippen molar-refractivity contribution in [2.24, 2.45) is 5.92 Å². The number of aryl methyl sites for hydroxylation is 1. The van der Waals surface area contributed by atoms with E-state index in [0.717, 1.165) is 77.5 Å². The molecule has 0 spiro atoms. The van der Waals surface area contributed by atoms with Crippen molar-refractivity contribution in [1.82, 2.24) is 15.1 Å². The van der Waals surface area contributed by atoms with Crippen LogP contribution in [-0.2, 0) is 17.6 Å². The van der Waals surface area contributed by atoms with E-state index in [1.165, 1.54) is 11.1 Å². The van der Waals surface area contributed by atoms with Gasteiger partial charge in [0, 0.05) is 38.6 Å². The van der Waals surface area contributed by atoms with E-state index in [4.69, 9.17) is 0 Å². The number of piperidine rings is 1. The van der Waals surface area contributed by atoms with Crippen LogP contribution < -0.4 is 5.32 Å². The number of carbonyl (C=O) groups is 2. The number of urea groups is 1. The Balaban J connectivity index is 1.19. The lowest BCUT2D eigenvalue weighted by Crippen LogP contribution is -2.49. The molecule has 2 fully saturated rings. The maximum atomic E-state index is 12.7. The first-order chi connectivity index (χ1) is 13.2. The standard InChI is InChI=1S/C22H31N3O2/c26-21-6-3-12-24(21)13-9-17-10-14-25(15-11-17)22(27)23-20-8-7-18-4-1-2-5-19(18)16-20/h1-2,4-5,17,20H,3,6-16H2,(H,23,27)/t20-/m0/s1. The third-order valence-corrected chi connectivity index (χ3v) is 6.55. The molecule has 3 aliphatic rings. The number of fused-ring (bicyclic) bond motifs is 1. The number of amides is 3. The molecule has 1 aromatic carbocycles. The van der Waals surface area contributed by atoms with Crippen LogP contribution >= 0.6 is 0 Å². The molecular weight excluding hydrogens is 338 g/mol. The molecule has 146 valence electrons. The summed E-state index contributed by atoms with van der Waals surface area (Å²) >= 11 is 0. The Bertz CT molecular complexity index is 682. The fraction of sp³-hybridized carbons (Fsp3) is 0.636. The van der Waals surface area contributed by atoms with E-state index in [1.54, 1.807) is 0 Å². The average Bonchev–Trinajstić information content (AvgIpc) is 3.11. The Morgan fingerprint density at radius 2 is 1.81 bits per heavy atom. The second kappa shape index (κ2) is 8.32. The monoisotopic (exact) mass is 369 g/mol. The summed E-state index contributed by atoms with van der Waals surface area (Å²) in [7, 11) is 0. The van der Waals surface area contributed by atoms with E-state index in [2.05, 4.69) is 29.6 Å². The minimum Gasteiger partial charge on any atom is -0.343 e. The van der Waals surface area contributed by atoms with E-state index in [0.29, 0.717) is 11.8 Å². The summed E-state index contributed by atoms with van der Waals surface area (Å²) in [5, 5.41) is 3.26. The summed E-state index contributed by atoms with van der Waals surface area (Å²) in [6, 6.07) is 8.93. The fourth-order valence-corrected chi connectivity index (χ4v) is 4.79. The highest BCUT2D eigenvalue weighted by atomic mass is 16.2. The number of carbonyl (C=O) groups excluding carboxylic acids is 2. The van der Waals surface area contributed by atoms with Gasteiger partial charge in [0.1, 0.15) is 0 Å². The van der Waals surface area contributed by atoms with Gasteiger partial charge in [-0.05, 0) is 62.0 Å². The molecule has 1 aliphatic carbocycles. The summed E-state index contributed by atoms with van der Waals surface area (Å²) in [5.41, 5.74) is 2.81. The molecular formula is C22H31N3O2. The molecule has 1 N–H and O–H groups in total. The zero-order valence-electron chi connectivity index (χ0n) is 16.2. The molecule has 0 bridgehead atoms. The van der Waals surface area contributed by atoms with Crippen molar-refractivity contribution < 1.29 is 9.59 Å². The highest BCUT2D eigenvalue weighted by molar-refractivity contribution is 5.78. The number of hydrogen-bond donors (Lipinski definition) is 1. The number of benzene rings is 1. The molecule has 5 heteroatoms. The van der Waals surface area contributed by atoms with Crippen LogP contribution in [0, 0.1) is 5.92 Å². The van der Waals surface area contributed by atoms with Gasteiger partial charge < -0.3 is 15.1 Å². The Labute approximate surface area is 162 Å². The molecule has 4 rings (SSSR count). The molecule has 0 aromatic heterocycles. The molecule has 0 unspecified atom stereocenters. The van der Waals surface area contributed by atoms with Gasteiger partial charge >= 0.3 is 6.03 Å². The van der Waals surface area contributed by atoms with Crippen LogP contribution in [0.25, 0.3) is 0 Å². The van der Waals surface area contributed by atoms with Gasteiger partial charge in [-0.2, -0.15) is 0 Å². The second-order valence-electron chi connectivity index (χ2n) is 8.36. The van der Waals surface area contributed by atoms with E-state index in [-0.39, 0.29) is 12.1 Å². The second-order valence-corrected chi connectivity index (χ2v) is 8.36. The number of nitrogens with zero attached hydrogens (tertiary/aromatic N) is 2. The van der Waals surface area contributed by atoms with Gasteiger partial charge in [0.25, 0.3) is 0 Å². The predicted octanol–water partition coefficient (Wildman–Crippen LogP) is 2.98. The lowest BCUT2D eigenvalue weighted by molar-refractivity contribution is -0.127. The van der Waals surface area contributed by atoms with Gasteiger partial charge in [-0.1, -0.05) is 24.3 Å². The molecule has 2 saturated heterocycles. The van der Waals surface area contributed by atoms with Gasteiger partial charge in [0.05, 0.1) is 0 Å². The van der Waals surface area contributed by atoms with Gasteiger partial charge in [0.15, 0.2) is 0 Å². The van der Waals surface area contributed by atoms with Crippen molar-refractivity contribution in [3.63, 3.8) is 0 Å². The predicted molar refractivity (Wildman–Crippen MR) is 106 cm³/mol. The molecule has 2 heterocycles. The SMILES string of the molecule is O=C1CCCN1CCC1CCN(C(=O)N[C@H]2CCc3ccccc3C2)CC1. The summed E-state index contributed by atoms with van der Waals surface area (Å²) in [4.78, 5) is 28.4. The van der Waals surface area contributed by atoms with Crippen molar-refractivity contribution in [3.8, 4) is 0 Å². The van der Waals surface area contributed by atoms with Crippen LogP contribution in [0.1, 0.15) is 49.7 Å². The molecule has 27 heavy (non-hydrogen) atoms. The van der Waals surface area contributed by atoms with Gasteiger partial charge in [0.2, 0.25) is 5.91 Å². The molecule has 0 radical (unpaired) electrons. The fourth-order valence-electron chi connectivity index (χ4n) is 4.79. The summed E-state index contributed by atoms with van der Waals surface area (Å²) in [6.07, 6.45) is 7.98. The van der Waals surface area contributed by atoms with Crippen molar-refractivity contribution >= 4 is 11.9 Å².